The highest BCUT2D eigenvalue weighted by Gasteiger charge is 2.21. The molecular formula is C10H13NOS. The van der Waals surface area contributed by atoms with Crippen molar-refractivity contribution in [2.45, 2.75) is 25.8 Å². The topological polar surface area (TPSA) is 20.3 Å². The lowest BCUT2D eigenvalue weighted by molar-refractivity contribution is 0.112. The molecule has 0 bridgehead atoms. The average Bonchev–Trinajstić information content (AvgIpc) is 2.71. The predicted molar refractivity (Wildman–Crippen MR) is 55.7 cm³/mol. The SMILES string of the molecule is CC1CCCN1c1ccc(C=O)s1. The van der Waals surface area contributed by atoms with Gasteiger partial charge in [0, 0.05) is 12.6 Å². The molecule has 0 saturated carbocycles. The number of anilines is 1. The van der Waals surface area contributed by atoms with E-state index in [1.807, 2.05) is 6.07 Å². The molecule has 1 aliphatic rings. The molecule has 1 aromatic heterocycles. The van der Waals surface area contributed by atoms with Crippen LogP contribution in [0, 0.1) is 0 Å². The third kappa shape index (κ3) is 1.61. The lowest BCUT2D eigenvalue weighted by Crippen LogP contribution is -2.24. The summed E-state index contributed by atoms with van der Waals surface area (Å²) in [4.78, 5) is 13.7. The van der Waals surface area contributed by atoms with Crippen molar-refractivity contribution < 1.29 is 4.79 Å². The fraction of sp³-hybridized carbons (Fsp3) is 0.500. The predicted octanol–water partition coefficient (Wildman–Crippen LogP) is 2.55. The highest BCUT2D eigenvalue weighted by atomic mass is 32.1. The third-order valence-electron chi connectivity index (χ3n) is 2.56. The van der Waals surface area contributed by atoms with E-state index in [4.69, 9.17) is 0 Å². The molecule has 0 radical (unpaired) electrons. The van der Waals surface area contributed by atoms with Gasteiger partial charge < -0.3 is 4.90 Å². The number of nitrogens with zero attached hydrogens (tertiary/aromatic N) is 1. The normalized spacial score (nSPS) is 22.2. The van der Waals surface area contributed by atoms with E-state index in [-0.39, 0.29) is 0 Å². The van der Waals surface area contributed by atoms with Gasteiger partial charge in [-0.3, -0.25) is 4.79 Å². The summed E-state index contributed by atoms with van der Waals surface area (Å²) in [6.45, 7) is 3.38. The molecule has 2 nitrogen and oxygen atoms in total. The number of thiophene rings is 1. The second-order valence-corrected chi connectivity index (χ2v) is 4.57. The van der Waals surface area contributed by atoms with E-state index >= 15 is 0 Å². The van der Waals surface area contributed by atoms with Crippen molar-refractivity contribution >= 4 is 22.6 Å². The molecule has 13 heavy (non-hydrogen) atoms. The molecule has 0 spiro atoms. The van der Waals surface area contributed by atoms with E-state index in [1.165, 1.54) is 17.8 Å². The lowest BCUT2D eigenvalue weighted by atomic mass is 10.2. The van der Waals surface area contributed by atoms with Gasteiger partial charge in [-0.15, -0.1) is 11.3 Å². The Morgan fingerprint density at radius 1 is 1.62 bits per heavy atom. The molecular weight excluding hydrogens is 182 g/mol. The molecule has 2 rings (SSSR count). The Morgan fingerprint density at radius 3 is 3.00 bits per heavy atom. The molecule has 70 valence electrons. The van der Waals surface area contributed by atoms with Crippen molar-refractivity contribution in [2.24, 2.45) is 0 Å². The number of carbonyl (C=O) groups excluding carboxylic acids is 1. The maximum Gasteiger partial charge on any atom is 0.160 e. The van der Waals surface area contributed by atoms with E-state index < -0.39 is 0 Å². The smallest absolute Gasteiger partial charge is 0.160 e. The Hall–Kier alpha value is -0.830. The second-order valence-electron chi connectivity index (χ2n) is 3.48. The molecule has 0 N–H and O–H groups in total. The fourth-order valence-electron chi connectivity index (χ4n) is 1.82. The maximum atomic E-state index is 10.5. The molecule has 1 aliphatic heterocycles. The van der Waals surface area contributed by atoms with E-state index in [0.717, 1.165) is 17.7 Å². The van der Waals surface area contributed by atoms with Gasteiger partial charge in [-0.25, -0.2) is 0 Å². The first-order chi connectivity index (χ1) is 6.31. The summed E-state index contributed by atoms with van der Waals surface area (Å²) in [6, 6.07) is 4.59. The molecule has 1 fully saturated rings. The van der Waals surface area contributed by atoms with Crippen molar-refractivity contribution in [1.29, 1.82) is 0 Å². The molecule has 1 unspecified atom stereocenters. The van der Waals surface area contributed by atoms with Gasteiger partial charge in [-0.05, 0) is 31.9 Å². The van der Waals surface area contributed by atoms with Crippen molar-refractivity contribution in [3.63, 3.8) is 0 Å². The molecule has 0 aliphatic carbocycles. The quantitative estimate of drug-likeness (QED) is 0.676. The van der Waals surface area contributed by atoms with E-state index in [0.29, 0.717) is 6.04 Å². The van der Waals surface area contributed by atoms with Gasteiger partial charge >= 0.3 is 0 Å². The van der Waals surface area contributed by atoms with Gasteiger partial charge in [0.25, 0.3) is 0 Å². The van der Waals surface area contributed by atoms with E-state index in [2.05, 4.69) is 17.9 Å². The fourth-order valence-corrected chi connectivity index (χ4v) is 2.77. The summed E-state index contributed by atoms with van der Waals surface area (Å²) in [7, 11) is 0. The Labute approximate surface area is 82.2 Å². The van der Waals surface area contributed by atoms with Crippen LogP contribution in [-0.2, 0) is 0 Å². The molecule has 1 saturated heterocycles. The van der Waals surface area contributed by atoms with Crippen molar-refractivity contribution in [3.05, 3.63) is 17.0 Å². The monoisotopic (exact) mass is 195 g/mol. The van der Waals surface area contributed by atoms with Gasteiger partial charge in [0.05, 0.1) is 9.88 Å². The first-order valence-corrected chi connectivity index (χ1v) is 5.44. The molecule has 1 atom stereocenters. The summed E-state index contributed by atoms with van der Waals surface area (Å²) < 4.78 is 0. The average molecular weight is 195 g/mol. The standard InChI is InChI=1S/C10H13NOS/c1-8-3-2-6-11(8)10-5-4-9(7-12)13-10/h4-5,7-8H,2-3,6H2,1H3. The van der Waals surface area contributed by atoms with Crippen LogP contribution in [0.25, 0.3) is 0 Å². The van der Waals surface area contributed by atoms with Crippen LogP contribution in [0.4, 0.5) is 5.00 Å². The van der Waals surface area contributed by atoms with Crippen LogP contribution in [0.1, 0.15) is 29.4 Å². The zero-order valence-electron chi connectivity index (χ0n) is 7.69. The first kappa shape index (κ1) is 8.75. The summed E-state index contributed by atoms with van der Waals surface area (Å²) in [5.74, 6) is 0. The number of carbonyl (C=O) groups is 1. The Kier molecular flexibility index (Phi) is 2.36. The minimum atomic E-state index is 0.637. The van der Waals surface area contributed by atoms with Gasteiger partial charge in [0.1, 0.15) is 0 Å². The molecule has 0 aromatic carbocycles. The zero-order valence-corrected chi connectivity index (χ0v) is 8.51. The minimum Gasteiger partial charge on any atom is -0.361 e. The Bertz CT molecular complexity index is 308. The summed E-state index contributed by atoms with van der Waals surface area (Å²) in [5, 5.41) is 1.24. The maximum absolute atomic E-state index is 10.5. The molecule has 0 amide bonds. The molecule has 2 heterocycles. The van der Waals surface area contributed by atoms with Crippen LogP contribution in [0.3, 0.4) is 0 Å². The third-order valence-corrected chi connectivity index (χ3v) is 3.61. The van der Waals surface area contributed by atoms with Crippen LogP contribution in [-0.4, -0.2) is 18.9 Å². The molecule has 3 heteroatoms. The number of rotatable bonds is 2. The van der Waals surface area contributed by atoms with Crippen LogP contribution in [0.5, 0.6) is 0 Å². The van der Waals surface area contributed by atoms with Gasteiger partial charge in [-0.1, -0.05) is 0 Å². The zero-order chi connectivity index (χ0) is 9.26. The minimum absolute atomic E-state index is 0.637. The summed E-state index contributed by atoms with van der Waals surface area (Å²) in [6.07, 6.45) is 3.47. The summed E-state index contributed by atoms with van der Waals surface area (Å²) >= 11 is 1.59. The number of hydrogen-bond donors (Lipinski definition) is 0. The van der Waals surface area contributed by atoms with Crippen LogP contribution >= 0.6 is 11.3 Å². The van der Waals surface area contributed by atoms with E-state index in [9.17, 15) is 4.79 Å². The van der Waals surface area contributed by atoms with E-state index in [1.54, 1.807) is 11.3 Å². The van der Waals surface area contributed by atoms with Crippen molar-refractivity contribution in [1.82, 2.24) is 0 Å². The molecule has 1 aromatic rings. The number of hydrogen-bond acceptors (Lipinski definition) is 3. The van der Waals surface area contributed by atoms with Crippen LogP contribution < -0.4 is 4.90 Å². The van der Waals surface area contributed by atoms with Crippen LogP contribution in [0.2, 0.25) is 0 Å². The van der Waals surface area contributed by atoms with Gasteiger partial charge in [0.15, 0.2) is 6.29 Å². The van der Waals surface area contributed by atoms with Gasteiger partial charge in [0.2, 0.25) is 0 Å². The Balaban J connectivity index is 2.19. The van der Waals surface area contributed by atoms with Crippen molar-refractivity contribution in [2.75, 3.05) is 11.4 Å². The highest BCUT2D eigenvalue weighted by Crippen LogP contribution is 2.31. The second kappa shape index (κ2) is 3.50. The highest BCUT2D eigenvalue weighted by molar-refractivity contribution is 7.17. The largest absolute Gasteiger partial charge is 0.361 e. The lowest BCUT2D eigenvalue weighted by Gasteiger charge is -2.21. The Morgan fingerprint density at radius 2 is 2.46 bits per heavy atom. The summed E-state index contributed by atoms with van der Waals surface area (Å²) in [5.41, 5.74) is 0. The van der Waals surface area contributed by atoms with Gasteiger partial charge in [-0.2, -0.15) is 0 Å². The first-order valence-electron chi connectivity index (χ1n) is 4.63. The van der Waals surface area contributed by atoms with Crippen LogP contribution in [0.15, 0.2) is 12.1 Å². The van der Waals surface area contributed by atoms with Crippen molar-refractivity contribution in [3.8, 4) is 0 Å². The number of aldehydes is 1.